The summed E-state index contributed by atoms with van der Waals surface area (Å²) in [5, 5.41) is 9.72. The van der Waals surface area contributed by atoms with Gasteiger partial charge in [-0.25, -0.2) is 0 Å². The van der Waals surface area contributed by atoms with Crippen molar-refractivity contribution in [2.75, 3.05) is 51.0 Å². The topological polar surface area (TPSA) is 87.8 Å². The third kappa shape index (κ3) is 5.49. The van der Waals surface area contributed by atoms with E-state index in [0.717, 1.165) is 17.8 Å². The summed E-state index contributed by atoms with van der Waals surface area (Å²) >= 11 is 6.72. The van der Waals surface area contributed by atoms with E-state index in [0.29, 0.717) is 73.8 Å². The highest BCUT2D eigenvalue weighted by molar-refractivity contribution is 8.26. The van der Waals surface area contributed by atoms with Crippen molar-refractivity contribution >= 4 is 46.1 Å². The zero-order valence-electron chi connectivity index (χ0n) is 19.4. The fourth-order valence-electron chi connectivity index (χ4n) is 3.98. The van der Waals surface area contributed by atoms with E-state index in [9.17, 15) is 14.9 Å². The molecule has 178 valence electrons. The van der Waals surface area contributed by atoms with Gasteiger partial charge in [-0.1, -0.05) is 30.9 Å². The number of carbonyl (C=O) groups excluding carboxylic acids is 1. The Balaban J connectivity index is 2.08. The number of hydrogen-bond acceptors (Lipinski definition) is 8. The van der Waals surface area contributed by atoms with Crippen LogP contribution >= 0.6 is 24.0 Å². The molecule has 0 aromatic carbocycles. The molecule has 1 aromatic heterocycles. The second-order valence-corrected chi connectivity index (χ2v) is 9.46. The Labute approximate surface area is 204 Å². The number of amides is 1. The highest BCUT2D eigenvalue weighted by Crippen LogP contribution is 2.36. The van der Waals surface area contributed by atoms with Crippen LogP contribution in [0.4, 0.5) is 5.82 Å². The van der Waals surface area contributed by atoms with Gasteiger partial charge in [0.25, 0.3) is 11.5 Å². The first kappa shape index (κ1) is 25.4. The minimum absolute atomic E-state index is 0.110. The number of nitrogens with zero attached hydrogens (tertiary/aromatic N) is 4. The summed E-state index contributed by atoms with van der Waals surface area (Å²) in [5.74, 6) is 0.587. The summed E-state index contributed by atoms with van der Waals surface area (Å²) in [6.45, 7) is 10.3. The Bertz CT molecular complexity index is 1040. The van der Waals surface area contributed by atoms with Crippen molar-refractivity contribution in [3.63, 3.8) is 0 Å². The number of anilines is 1. The van der Waals surface area contributed by atoms with Crippen LogP contribution < -0.4 is 10.5 Å². The van der Waals surface area contributed by atoms with Crippen LogP contribution in [-0.2, 0) is 20.8 Å². The van der Waals surface area contributed by atoms with Crippen LogP contribution in [0.15, 0.2) is 9.70 Å². The molecule has 10 heteroatoms. The van der Waals surface area contributed by atoms with Gasteiger partial charge in [-0.15, -0.1) is 0 Å². The Kier molecular flexibility index (Phi) is 9.09. The molecule has 1 aromatic rings. The zero-order valence-corrected chi connectivity index (χ0v) is 21.0. The van der Waals surface area contributed by atoms with Crippen LogP contribution in [0.2, 0.25) is 0 Å². The zero-order chi connectivity index (χ0) is 24.0. The molecule has 0 saturated carbocycles. The number of rotatable bonds is 9. The maximum Gasteiger partial charge on any atom is 0.270 e. The van der Waals surface area contributed by atoms with E-state index in [4.69, 9.17) is 21.7 Å². The fraction of sp³-hybridized carbons (Fsp3) is 0.565. The summed E-state index contributed by atoms with van der Waals surface area (Å²) in [5.41, 5.74) is 1.12. The van der Waals surface area contributed by atoms with Gasteiger partial charge in [0.15, 0.2) is 0 Å². The molecule has 0 bridgehead atoms. The number of ether oxygens (including phenoxy) is 2. The van der Waals surface area contributed by atoms with Gasteiger partial charge in [0.05, 0.1) is 18.1 Å². The molecule has 2 fully saturated rings. The molecule has 2 aliphatic rings. The molecule has 3 rings (SSSR count). The number of morpholine rings is 1. The van der Waals surface area contributed by atoms with Crippen molar-refractivity contribution in [3.8, 4) is 6.07 Å². The van der Waals surface area contributed by atoms with Gasteiger partial charge < -0.3 is 14.4 Å². The van der Waals surface area contributed by atoms with Gasteiger partial charge >= 0.3 is 0 Å². The number of hydrogen-bond donors (Lipinski definition) is 0. The lowest BCUT2D eigenvalue weighted by Crippen LogP contribution is -2.41. The van der Waals surface area contributed by atoms with E-state index in [1.54, 1.807) is 22.5 Å². The molecule has 0 N–H and O–H groups in total. The predicted molar refractivity (Wildman–Crippen MR) is 134 cm³/mol. The Morgan fingerprint density at radius 1 is 1.24 bits per heavy atom. The SMILES string of the molecule is CCCn1c(N2CCOCC2)c(/C=C2/SC(=S)N(CCCOCC)C2=O)c(C)c(C#N)c1=O. The van der Waals surface area contributed by atoms with E-state index in [1.807, 2.05) is 13.8 Å². The second kappa shape index (κ2) is 11.8. The molecule has 0 aliphatic carbocycles. The van der Waals surface area contributed by atoms with Crippen LogP contribution in [0, 0.1) is 18.3 Å². The first-order chi connectivity index (χ1) is 15.9. The van der Waals surface area contributed by atoms with E-state index >= 15 is 0 Å². The normalized spacial score (nSPS) is 17.8. The number of carbonyl (C=O) groups is 1. The standard InChI is InChI=1S/C23H30N4O4S2/c1-4-7-26-20(25-9-12-31-13-10-25)17(16(3)18(15-24)21(26)28)14-19-22(29)27(23(32)33-19)8-6-11-30-5-2/h14H,4-13H2,1-3H3/b19-14+. The highest BCUT2D eigenvalue weighted by atomic mass is 32.2. The average Bonchev–Trinajstić information content (AvgIpc) is 3.08. The lowest BCUT2D eigenvalue weighted by molar-refractivity contribution is -0.122. The summed E-state index contributed by atoms with van der Waals surface area (Å²) in [7, 11) is 0. The number of thiocarbonyl (C=S) groups is 1. The number of pyridine rings is 1. The molecule has 33 heavy (non-hydrogen) atoms. The second-order valence-electron chi connectivity index (χ2n) is 7.79. The summed E-state index contributed by atoms with van der Waals surface area (Å²) in [4.78, 5) is 30.5. The first-order valence-corrected chi connectivity index (χ1v) is 12.5. The van der Waals surface area contributed by atoms with Crippen molar-refractivity contribution < 1.29 is 14.3 Å². The maximum absolute atomic E-state index is 13.2. The van der Waals surface area contributed by atoms with E-state index in [-0.39, 0.29) is 17.0 Å². The fourth-order valence-corrected chi connectivity index (χ4v) is 5.27. The Hall–Kier alpha value is -2.19. The van der Waals surface area contributed by atoms with Gasteiger partial charge in [0, 0.05) is 45.0 Å². The van der Waals surface area contributed by atoms with E-state index in [2.05, 4.69) is 11.0 Å². The molecule has 0 spiro atoms. The minimum atomic E-state index is -0.293. The monoisotopic (exact) mass is 490 g/mol. The van der Waals surface area contributed by atoms with Gasteiger partial charge in [0.2, 0.25) is 0 Å². The molecular weight excluding hydrogens is 460 g/mol. The van der Waals surface area contributed by atoms with E-state index in [1.165, 1.54) is 11.8 Å². The van der Waals surface area contributed by atoms with Crippen molar-refractivity contribution in [1.82, 2.24) is 9.47 Å². The molecule has 1 amide bonds. The van der Waals surface area contributed by atoms with Gasteiger partial charge in [-0.3, -0.25) is 19.1 Å². The summed E-state index contributed by atoms with van der Waals surface area (Å²) in [6, 6.07) is 2.08. The number of nitriles is 1. The van der Waals surface area contributed by atoms with Gasteiger partial charge in [-0.05, 0) is 38.3 Å². The van der Waals surface area contributed by atoms with Crippen LogP contribution in [0.5, 0.6) is 0 Å². The maximum atomic E-state index is 13.2. The molecular formula is C23H30N4O4S2. The van der Waals surface area contributed by atoms with Crippen molar-refractivity contribution in [2.45, 2.75) is 40.2 Å². The van der Waals surface area contributed by atoms with Gasteiger partial charge in [-0.2, -0.15) is 5.26 Å². The predicted octanol–water partition coefficient (Wildman–Crippen LogP) is 2.90. The Morgan fingerprint density at radius 2 is 1.97 bits per heavy atom. The van der Waals surface area contributed by atoms with Crippen molar-refractivity contribution in [2.24, 2.45) is 0 Å². The molecule has 0 radical (unpaired) electrons. The lowest BCUT2D eigenvalue weighted by Gasteiger charge is -2.33. The summed E-state index contributed by atoms with van der Waals surface area (Å²) < 4.78 is 13.1. The Morgan fingerprint density at radius 3 is 2.61 bits per heavy atom. The first-order valence-electron chi connectivity index (χ1n) is 11.3. The summed E-state index contributed by atoms with van der Waals surface area (Å²) in [6.07, 6.45) is 3.24. The number of aromatic nitrogens is 1. The van der Waals surface area contributed by atoms with Crippen LogP contribution in [0.1, 0.15) is 43.4 Å². The quantitative estimate of drug-likeness (QED) is 0.297. The molecule has 3 heterocycles. The average molecular weight is 491 g/mol. The van der Waals surface area contributed by atoms with Crippen molar-refractivity contribution in [3.05, 3.63) is 31.9 Å². The van der Waals surface area contributed by atoms with Crippen molar-refractivity contribution in [1.29, 1.82) is 5.26 Å². The lowest BCUT2D eigenvalue weighted by atomic mass is 10.0. The largest absolute Gasteiger partial charge is 0.382 e. The molecule has 2 aliphatic heterocycles. The van der Waals surface area contributed by atoms with Crippen LogP contribution in [0.25, 0.3) is 6.08 Å². The smallest absolute Gasteiger partial charge is 0.270 e. The van der Waals surface area contributed by atoms with Gasteiger partial charge in [0.1, 0.15) is 21.8 Å². The van der Waals surface area contributed by atoms with Crippen LogP contribution in [0.3, 0.4) is 0 Å². The minimum Gasteiger partial charge on any atom is -0.382 e. The highest BCUT2D eigenvalue weighted by Gasteiger charge is 2.33. The molecule has 0 atom stereocenters. The molecule has 8 nitrogen and oxygen atoms in total. The third-order valence-electron chi connectivity index (χ3n) is 5.63. The number of thioether (sulfide) groups is 1. The van der Waals surface area contributed by atoms with E-state index < -0.39 is 0 Å². The third-order valence-corrected chi connectivity index (χ3v) is 7.01. The van der Waals surface area contributed by atoms with Crippen LogP contribution in [-0.4, -0.2) is 65.8 Å². The molecule has 0 unspecified atom stereocenters. The molecule has 2 saturated heterocycles.